The van der Waals surface area contributed by atoms with Crippen LogP contribution in [0.1, 0.15) is 42.9 Å². The lowest BCUT2D eigenvalue weighted by molar-refractivity contribution is 0.221. The molecule has 1 aromatic rings. The van der Waals surface area contributed by atoms with Crippen LogP contribution in [0.4, 0.5) is 4.39 Å². The van der Waals surface area contributed by atoms with Crippen LogP contribution in [-0.2, 0) is 0 Å². The first-order valence-corrected chi connectivity index (χ1v) is 6.91. The van der Waals surface area contributed by atoms with Crippen molar-refractivity contribution in [1.82, 2.24) is 4.90 Å². The molecular weight excluding hydrogens is 227 g/mol. The summed E-state index contributed by atoms with van der Waals surface area (Å²) in [5.41, 5.74) is 7.73. The number of hydrogen-bond donors (Lipinski definition) is 1. The van der Waals surface area contributed by atoms with Gasteiger partial charge in [0.1, 0.15) is 5.82 Å². The van der Waals surface area contributed by atoms with Gasteiger partial charge in [-0.2, -0.15) is 0 Å². The Hall–Kier alpha value is -0.930. The normalized spacial score (nSPS) is 18.8. The second-order valence-corrected chi connectivity index (χ2v) is 5.31. The van der Waals surface area contributed by atoms with Crippen LogP contribution in [0.5, 0.6) is 0 Å². The Morgan fingerprint density at radius 2 is 2.00 bits per heavy atom. The summed E-state index contributed by atoms with van der Waals surface area (Å²) in [6.07, 6.45) is 4.86. The van der Waals surface area contributed by atoms with E-state index in [1.165, 1.54) is 32.4 Å². The molecule has 1 aliphatic rings. The number of aryl methyl sites for hydroxylation is 1. The standard InChI is InChI=1S/C15H23FN2/c1-12-5-6-13(11-14(12)16)15(17)7-10-18-8-3-2-4-9-18/h5-6,11,15H,2-4,7-10,17H2,1H3. The molecule has 1 unspecified atom stereocenters. The van der Waals surface area contributed by atoms with E-state index in [2.05, 4.69) is 4.90 Å². The topological polar surface area (TPSA) is 29.3 Å². The van der Waals surface area contributed by atoms with E-state index in [-0.39, 0.29) is 11.9 Å². The third-order valence-electron chi connectivity index (χ3n) is 3.83. The van der Waals surface area contributed by atoms with Gasteiger partial charge in [0.2, 0.25) is 0 Å². The number of hydrogen-bond acceptors (Lipinski definition) is 2. The van der Waals surface area contributed by atoms with E-state index < -0.39 is 0 Å². The smallest absolute Gasteiger partial charge is 0.126 e. The second-order valence-electron chi connectivity index (χ2n) is 5.31. The van der Waals surface area contributed by atoms with Gasteiger partial charge < -0.3 is 10.6 Å². The van der Waals surface area contributed by atoms with Crippen molar-refractivity contribution >= 4 is 0 Å². The molecule has 1 aliphatic heterocycles. The van der Waals surface area contributed by atoms with Gasteiger partial charge in [-0.1, -0.05) is 18.6 Å². The highest BCUT2D eigenvalue weighted by Crippen LogP contribution is 2.19. The maximum absolute atomic E-state index is 13.5. The van der Waals surface area contributed by atoms with Crippen LogP contribution in [-0.4, -0.2) is 24.5 Å². The molecule has 0 aliphatic carbocycles. The number of piperidine rings is 1. The van der Waals surface area contributed by atoms with Crippen molar-refractivity contribution in [2.45, 2.75) is 38.6 Å². The summed E-state index contributed by atoms with van der Waals surface area (Å²) in [6.45, 7) is 5.18. The number of rotatable bonds is 4. The largest absolute Gasteiger partial charge is 0.324 e. The van der Waals surface area contributed by atoms with Gasteiger partial charge in [0, 0.05) is 6.04 Å². The van der Waals surface area contributed by atoms with Crippen LogP contribution in [0.25, 0.3) is 0 Å². The summed E-state index contributed by atoms with van der Waals surface area (Å²) < 4.78 is 13.5. The lowest BCUT2D eigenvalue weighted by atomic mass is 10.0. The van der Waals surface area contributed by atoms with Crippen molar-refractivity contribution in [2.24, 2.45) is 5.73 Å². The highest BCUT2D eigenvalue weighted by atomic mass is 19.1. The highest BCUT2D eigenvalue weighted by molar-refractivity contribution is 5.25. The lowest BCUT2D eigenvalue weighted by Gasteiger charge is -2.27. The number of nitrogens with two attached hydrogens (primary N) is 1. The van der Waals surface area contributed by atoms with E-state index in [1.807, 2.05) is 12.1 Å². The van der Waals surface area contributed by atoms with Crippen LogP contribution in [0, 0.1) is 12.7 Å². The second kappa shape index (κ2) is 6.30. The molecule has 1 aromatic carbocycles. The fourth-order valence-corrected chi connectivity index (χ4v) is 2.51. The van der Waals surface area contributed by atoms with E-state index in [0.717, 1.165) is 18.5 Å². The minimum atomic E-state index is -0.152. The van der Waals surface area contributed by atoms with Gasteiger partial charge in [0.05, 0.1) is 0 Å². The molecule has 0 spiro atoms. The predicted octanol–water partition coefficient (Wildman–Crippen LogP) is 3.01. The molecule has 0 aromatic heterocycles. The van der Waals surface area contributed by atoms with E-state index in [4.69, 9.17) is 5.73 Å². The van der Waals surface area contributed by atoms with Crippen molar-refractivity contribution < 1.29 is 4.39 Å². The van der Waals surface area contributed by atoms with E-state index in [9.17, 15) is 4.39 Å². The van der Waals surface area contributed by atoms with E-state index in [1.54, 1.807) is 13.0 Å². The molecule has 1 atom stereocenters. The monoisotopic (exact) mass is 250 g/mol. The Morgan fingerprint density at radius 3 is 2.67 bits per heavy atom. The number of benzene rings is 1. The molecule has 2 nitrogen and oxygen atoms in total. The molecular formula is C15H23FN2. The Labute approximate surface area is 109 Å². The van der Waals surface area contributed by atoms with Gasteiger partial charge in [-0.25, -0.2) is 4.39 Å². The van der Waals surface area contributed by atoms with Crippen LogP contribution < -0.4 is 5.73 Å². The molecule has 1 fully saturated rings. The summed E-state index contributed by atoms with van der Waals surface area (Å²) in [7, 11) is 0. The molecule has 100 valence electrons. The molecule has 3 heteroatoms. The van der Waals surface area contributed by atoms with Gasteiger partial charge in [-0.05, 0) is 63.0 Å². The van der Waals surface area contributed by atoms with Gasteiger partial charge in [-0.15, -0.1) is 0 Å². The van der Waals surface area contributed by atoms with E-state index >= 15 is 0 Å². The highest BCUT2D eigenvalue weighted by Gasteiger charge is 2.13. The molecule has 0 radical (unpaired) electrons. The zero-order valence-corrected chi connectivity index (χ0v) is 11.2. The van der Waals surface area contributed by atoms with Crippen LogP contribution in [0.3, 0.4) is 0 Å². The van der Waals surface area contributed by atoms with Crippen molar-refractivity contribution in [3.63, 3.8) is 0 Å². The summed E-state index contributed by atoms with van der Waals surface area (Å²) in [4.78, 5) is 2.47. The lowest BCUT2D eigenvalue weighted by Crippen LogP contribution is -2.32. The average molecular weight is 250 g/mol. The fraction of sp³-hybridized carbons (Fsp3) is 0.600. The molecule has 2 N–H and O–H groups in total. The van der Waals surface area contributed by atoms with E-state index in [0.29, 0.717) is 5.56 Å². The molecule has 18 heavy (non-hydrogen) atoms. The van der Waals surface area contributed by atoms with Gasteiger partial charge >= 0.3 is 0 Å². The fourth-order valence-electron chi connectivity index (χ4n) is 2.51. The molecule has 0 amide bonds. The molecule has 1 heterocycles. The maximum atomic E-state index is 13.5. The van der Waals surface area contributed by atoms with Crippen molar-refractivity contribution in [2.75, 3.05) is 19.6 Å². The first kappa shape index (κ1) is 13.5. The summed E-state index contributed by atoms with van der Waals surface area (Å²) >= 11 is 0. The maximum Gasteiger partial charge on any atom is 0.126 e. The Balaban J connectivity index is 1.86. The third-order valence-corrected chi connectivity index (χ3v) is 3.83. The minimum absolute atomic E-state index is 0.0537. The number of nitrogens with zero attached hydrogens (tertiary/aromatic N) is 1. The number of halogens is 1. The molecule has 1 saturated heterocycles. The zero-order chi connectivity index (χ0) is 13.0. The SMILES string of the molecule is Cc1ccc(C(N)CCN2CCCCC2)cc1F. The summed E-state index contributed by atoms with van der Waals surface area (Å²) in [5.74, 6) is -0.152. The van der Waals surface area contributed by atoms with Crippen molar-refractivity contribution in [3.05, 3.63) is 35.1 Å². The quantitative estimate of drug-likeness (QED) is 0.890. The predicted molar refractivity (Wildman–Crippen MR) is 73.0 cm³/mol. The first-order valence-electron chi connectivity index (χ1n) is 6.91. The van der Waals surface area contributed by atoms with Crippen molar-refractivity contribution in [1.29, 1.82) is 0 Å². The van der Waals surface area contributed by atoms with Gasteiger partial charge in [0.25, 0.3) is 0 Å². The number of likely N-dealkylation sites (tertiary alicyclic amines) is 1. The molecule has 0 bridgehead atoms. The molecule has 2 rings (SSSR count). The van der Waals surface area contributed by atoms with Gasteiger partial charge in [-0.3, -0.25) is 0 Å². The summed E-state index contributed by atoms with van der Waals surface area (Å²) in [5, 5.41) is 0. The van der Waals surface area contributed by atoms with Crippen molar-refractivity contribution in [3.8, 4) is 0 Å². The van der Waals surface area contributed by atoms with Crippen LogP contribution in [0.2, 0.25) is 0 Å². The minimum Gasteiger partial charge on any atom is -0.324 e. The average Bonchev–Trinajstić information content (AvgIpc) is 2.40. The Morgan fingerprint density at radius 1 is 1.28 bits per heavy atom. The summed E-state index contributed by atoms with van der Waals surface area (Å²) in [6, 6.07) is 5.28. The first-order chi connectivity index (χ1) is 8.66. The Bertz CT molecular complexity index is 386. The molecule has 0 saturated carbocycles. The van der Waals surface area contributed by atoms with Crippen LogP contribution >= 0.6 is 0 Å². The van der Waals surface area contributed by atoms with Crippen LogP contribution in [0.15, 0.2) is 18.2 Å². The third kappa shape index (κ3) is 3.53. The van der Waals surface area contributed by atoms with Gasteiger partial charge in [0.15, 0.2) is 0 Å². The zero-order valence-electron chi connectivity index (χ0n) is 11.2. The Kier molecular flexibility index (Phi) is 4.72.